The van der Waals surface area contributed by atoms with Gasteiger partial charge >= 0.3 is 0 Å². The highest BCUT2D eigenvalue weighted by Crippen LogP contribution is 2.23. The van der Waals surface area contributed by atoms with Crippen molar-refractivity contribution in [3.63, 3.8) is 0 Å². The first-order chi connectivity index (χ1) is 8.85. The Balaban J connectivity index is 2.12. The quantitative estimate of drug-likeness (QED) is 0.896. The maximum absolute atomic E-state index is 13.8. The van der Waals surface area contributed by atoms with Crippen molar-refractivity contribution in [2.24, 2.45) is 0 Å². The number of halogens is 2. The third kappa shape index (κ3) is 4.12. The van der Waals surface area contributed by atoms with Crippen LogP contribution in [0.4, 0.5) is 10.2 Å². The Morgan fingerprint density at radius 3 is 2.95 bits per heavy atom. The molecule has 2 rings (SSSR count). The summed E-state index contributed by atoms with van der Waals surface area (Å²) >= 11 is 3.16. The minimum Gasteiger partial charge on any atom is -0.353 e. The highest BCUT2D eigenvalue weighted by Gasteiger charge is 2.24. The average Bonchev–Trinajstić information content (AvgIpc) is 2.26. The molecule has 0 spiro atoms. The van der Waals surface area contributed by atoms with Crippen molar-refractivity contribution in [1.82, 2.24) is 9.71 Å². The smallest absolute Gasteiger partial charge is 0.209 e. The van der Waals surface area contributed by atoms with E-state index in [9.17, 15) is 12.8 Å². The van der Waals surface area contributed by atoms with Crippen molar-refractivity contribution < 1.29 is 12.8 Å². The molecule has 1 aliphatic rings. The Morgan fingerprint density at radius 1 is 1.58 bits per heavy atom. The third-order valence-electron chi connectivity index (χ3n) is 2.89. The van der Waals surface area contributed by atoms with E-state index in [1.807, 2.05) is 0 Å². The van der Waals surface area contributed by atoms with E-state index in [1.54, 1.807) is 4.90 Å². The first kappa shape index (κ1) is 14.7. The monoisotopic (exact) mass is 351 g/mol. The number of nitrogens with zero attached hydrogens (tertiary/aromatic N) is 2. The van der Waals surface area contributed by atoms with Gasteiger partial charge in [-0.3, -0.25) is 0 Å². The molecule has 1 aliphatic heterocycles. The normalized spacial score (nSPS) is 20.6. The lowest BCUT2D eigenvalue weighted by Gasteiger charge is -2.33. The van der Waals surface area contributed by atoms with Gasteiger partial charge in [0.05, 0.1) is 6.26 Å². The van der Waals surface area contributed by atoms with Gasteiger partial charge in [0, 0.05) is 29.8 Å². The second kappa shape index (κ2) is 5.72. The molecule has 19 heavy (non-hydrogen) atoms. The topological polar surface area (TPSA) is 62.3 Å². The number of nitrogens with one attached hydrogen (secondary N) is 1. The van der Waals surface area contributed by atoms with E-state index >= 15 is 0 Å². The Kier molecular flexibility index (Phi) is 4.42. The highest BCUT2D eigenvalue weighted by atomic mass is 79.9. The molecule has 2 heterocycles. The maximum atomic E-state index is 13.8. The number of pyridine rings is 1. The van der Waals surface area contributed by atoms with Gasteiger partial charge < -0.3 is 4.90 Å². The largest absolute Gasteiger partial charge is 0.353 e. The van der Waals surface area contributed by atoms with Crippen molar-refractivity contribution in [3.05, 3.63) is 22.6 Å². The van der Waals surface area contributed by atoms with Crippen LogP contribution in [0, 0.1) is 5.82 Å². The zero-order chi connectivity index (χ0) is 14.0. The third-order valence-corrected chi connectivity index (χ3v) is 4.09. The molecule has 0 amide bonds. The summed E-state index contributed by atoms with van der Waals surface area (Å²) < 4.78 is 39.4. The highest BCUT2D eigenvalue weighted by molar-refractivity contribution is 9.10. The van der Waals surface area contributed by atoms with Crippen LogP contribution in [0.5, 0.6) is 0 Å². The molecule has 0 radical (unpaired) electrons. The summed E-state index contributed by atoms with van der Waals surface area (Å²) in [5.41, 5.74) is 0. The minimum atomic E-state index is -3.24. The number of aromatic nitrogens is 1. The molecule has 1 atom stereocenters. The molecular formula is C11H15BrFN3O2S. The first-order valence-corrected chi connectivity index (χ1v) is 8.57. The zero-order valence-electron chi connectivity index (χ0n) is 10.4. The molecule has 1 aromatic rings. The van der Waals surface area contributed by atoms with Crippen molar-refractivity contribution >= 4 is 31.8 Å². The summed E-state index contributed by atoms with van der Waals surface area (Å²) in [6.07, 6.45) is 4.21. The number of piperidine rings is 1. The summed E-state index contributed by atoms with van der Waals surface area (Å²) in [5.74, 6) is -0.141. The van der Waals surface area contributed by atoms with Crippen molar-refractivity contribution in [1.29, 1.82) is 0 Å². The summed E-state index contributed by atoms with van der Waals surface area (Å²) in [7, 11) is -3.24. The van der Waals surface area contributed by atoms with E-state index in [-0.39, 0.29) is 11.9 Å². The van der Waals surface area contributed by atoms with Crippen LogP contribution in [0.15, 0.2) is 16.7 Å². The second-order valence-corrected chi connectivity index (χ2v) is 7.33. The van der Waals surface area contributed by atoms with E-state index < -0.39 is 15.8 Å². The molecule has 1 saturated heterocycles. The molecule has 1 fully saturated rings. The maximum Gasteiger partial charge on any atom is 0.209 e. The predicted molar refractivity (Wildman–Crippen MR) is 75.1 cm³/mol. The van der Waals surface area contributed by atoms with Gasteiger partial charge in [-0.2, -0.15) is 0 Å². The molecular weight excluding hydrogens is 337 g/mol. The number of anilines is 1. The van der Waals surface area contributed by atoms with Crippen LogP contribution >= 0.6 is 15.9 Å². The molecule has 0 saturated carbocycles. The summed E-state index contributed by atoms with van der Waals surface area (Å²) in [6.45, 7) is 1.10. The first-order valence-electron chi connectivity index (χ1n) is 5.88. The van der Waals surface area contributed by atoms with Gasteiger partial charge in [0.2, 0.25) is 10.0 Å². The number of hydrogen-bond acceptors (Lipinski definition) is 4. The van der Waals surface area contributed by atoms with Gasteiger partial charge in [0.25, 0.3) is 0 Å². The zero-order valence-corrected chi connectivity index (χ0v) is 12.8. The van der Waals surface area contributed by atoms with Crippen LogP contribution in [0.1, 0.15) is 12.8 Å². The fourth-order valence-electron chi connectivity index (χ4n) is 2.21. The van der Waals surface area contributed by atoms with Gasteiger partial charge in [-0.05, 0) is 34.8 Å². The number of sulfonamides is 1. The van der Waals surface area contributed by atoms with Gasteiger partial charge in [0.1, 0.15) is 0 Å². The molecule has 0 aromatic carbocycles. The fraction of sp³-hybridized carbons (Fsp3) is 0.545. The second-order valence-electron chi connectivity index (χ2n) is 4.63. The van der Waals surface area contributed by atoms with Crippen LogP contribution in [-0.2, 0) is 10.0 Å². The van der Waals surface area contributed by atoms with Crippen molar-refractivity contribution in [3.8, 4) is 0 Å². The molecule has 1 N–H and O–H groups in total. The van der Waals surface area contributed by atoms with E-state index in [0.717, 1.165) is 19.1 Å². The Morgan fingerprint density at radius 2 is 2.32 bits per heavy atom. The van der Waals surface area contributed by atoms with E-state index in [0.29, 0.717) is 17.6 Å². The Labute approximate surface area is 120 Å². The predicted octanol–water partition coefficient (Wildman–Crippen LogP) is 1.50. The number of hydrogen-bond donors (Lipinski definition) is 1. The van der Waals surface area contributed by atoms with Crippen LogP contribution < -0.4 is 9.62 Å². The Bertz CT molecular complexity index is 567. The lowest BCUT2D eigenvalue weighted by Crippen LogP contribution is -2.47. The Hall–Kier alpha value is -0.730. The average molecular weight is 352 g/mol. The molecule has 0 bridgehead atoms. The van der Waals surface area contributed by atoms with Gasteiger partial charge in [-0.15, -0.1) is 0 Å². The molecule has 1 aromatic heterocycles. The molecule has 1 unspecified atom stereocenters. The molecule has 8 heteroatoms. The lowest BCUT2D eigenvalue weighted by atomic mass is 10.1. The summed E-state index contributed by atoms with van der Waals surface area (Å²) in [6, 6.07) is 1.16. The van der Waals surface area contributed by atoms with E-state index in [2.05, 4.69) is 25.6 Å². The minimum absolute atomic E-state index is 0.200. The van der Waals surface area contributed by atoms with Crippen molar-refractivity contribution in [2.75, 3.05) is 24.2 Å². The van der Waals surface area contributed by atoms with Gasteiger partial charge in [0.15, 0.2) is 11.6 Å². The summed E-state index contributed by atoms with van der Waals surface area (Å²) in [5, 5.41) is 0. The standard InChI is InChI=1S/C11H15BrFN3O2S/c1-19(17,18)15-9-3-2-4-16(7-9)11-10(13)5-8(12)6-14-11/h5-6,9,15H,2-4,7H2,1H3. The molecule has 0 aliphatic carbocycles. The van der Waals surface area contributed by atoms with Crippen LogP contribution in [0.2, 0.25) is 0 Å². The van der Waals surface area contributed by atoms with Crippen molar-refractivity contribution in [2.45, 2.75) is 18.9 Å². The van der Waals surface area contributed by atoms with E-state index in [4.69, 9.17) is 0 Å². The number of rotatable bonds is 3. The van der Waals surface area contributed by atoms with Crippen LogP contribution in [-0.4, -0.2) is 38.8 Å². The SMILES string of the molecule is CS(=O)(=O)NC1CCCN(c2ncc(Br)cc2F)C1. The van der Waals surface area contributed by atoms with E-state index in [1.165, 1.54) is 12.3 Å². The van der Waals surface area contributed by atoms with Gasteiger partial charge in [-0.25, -0.2) is 22.5 Å². The fourth-order valence-corrected chi connectivity index (χ4v) is 3.31. The lowest BCUT2D eigenvalue weighted by molar-refractivity contribution is 0.460. The molecule has 106 valence electrons. The van der Waals surface area contributed by atoms with Gasteiger partial charge in [-0.1, -0.05) is 0 Å². The summed E-state index contributed by atoms with van der Waals surface area (Å²) in [4.78, 5) is 5.83. The van der Waals surface area contributed by atoms with Crippen LogP contribution in [0.25, 0.3) is 0 Å². The van der Waals surface area contributed by atoms with Crippen LogP contribution in [0.3, 0.4) is 0 Å². The molecule has 5 nitrogen and oxygen atoms in total.